The summed E-state index contributed by atoms with van der Waals surface area (Å²) >= 11 is 0. The van der Waals surface area contributed by atoms with E-state index in [0.29, 0.717) is 5.57 Å². The Bertz CT molecular complexity index is 340. The number of nitro groups is 1. The van der Waals surface area contributed by atoms with Crippen molar-refractivity contribution in [3.8, 4) is 0 Å². The Balaban J connectivity index is 3.05. The number of hydrogen-bond acceptors (Lipinski definition) is 3. The molecule has 0 bridgehead atoms. The molecule has 0 fully saturated rings. The molecule has 0 N–H and O–H groups in total. The molecule has 1 aliphatic heterocycles. The average molecular weight is 194 g/mol. The minimum atomic E-state index is -0.409. The first-order valence-corrected chi connectivity index (χ1v) is 4.52. The lowest BCUT2D eigenvalue weighted by Gasteiger charge is -2.22. The van der Waals surface area contributed by atoms with Gasteiger partial charge in [0, 0.05) is 18.9 Å². The third kappa shape index (κ3) is 2.22. The van der Waals surface area contributed by atoms with Gasteiger partial charge in [0.25, 0.3) is 0 Å². The van der Waals surface area contributed by atoms with E-state index < -0.39 is 4.92 Å². The highest BCUT2D eigenvalue weighted by Crippen LogP contribution is 2.23. The minimum absolute atomic E-state index is 0.409. The van der Waals surface area contributed by atoms with Crippen molar-refractivity contribution in [3.63, 3.8) is 0 Å². The second-order valence-corrected chi connectivity index (χ2v) is 3.27. The van der Waals surface area contributed by atoms with Gasteiger partial charge in [-0.1, -0.05) is 6.92 Å². The van der Waals surface area contributed by atoms with E-state index in [1.54, 1.807) is 0 Å². The molecule has 1 rings (SSSR count). The topological polar surface area (TPSA) is 46.4 Å². The van der Waals surface area contributed by atoms with Gasteiger partial charge in [0.1, 0.15) is 0 Å². The molecular weight excluding hydrogens is 180 g/mol. The lowest BCUT2D eigenvalue weighted by molar-refractivity contribution is -0.403. The zero-order valence-electron chi connectivity index (χ0n) is 8.65. The number of hydrogen-bond donors (Lipinski definition) is 0. The van der Waals surface area contributed by atoms with E-state index in [4.69, 9.17) is 0 Å². The molecule has 0 aromatic rings. The Morgan fingerprint density at radius 3 is 2.79 bits per heavy atom. The molecule has 0 atom stereocenters. The standard InChI is InChI=1S/C10H14N2O2/c1-4-9-6-11(3)8(2)5-10(9)7-12(13)14/h5-7H,4H2,1-3H3/b10-7+. The summed E-state index contributed by atoms with van der Waals surface area (Å²) in [5.41, 5.74) is 2.71. The predicted octanol–water partition coefficient (Wildman–Crippen LogP) is 2.29. The first kappa shape index (κ1) is 10.5. The van der Waals surface area contributed by atoms with Gasteiger partial charge >= 0.3 is 0 Å². The summed E-state index contributed by atoms with van der Waals surface area (Å²) < 4.78 is 0. The van der Waals surface area contributed by atoms with Crippen LogP contribution in [0.15, 0.2) is 35.3 Å². The molecule has 14 heavy (non-hydrogen) atoms. The smallest absolute Gasteiger partial charge is 0.242 e. The molecule has 0 spiro atoms. The van der Waals surface area contributed by atoms with Crippen molar-refractivity contribution in [2.45, 2.75) is 20.3 Å². The van der Waals surface area contributed by atoms with Gasteiger partial charge in [0.2, 0.25) is 6.20 Å². The maximum atomic E-state index is 10.4. The van der Waals surface area contributed by atoms with Gasteiger partial charge in [-0.2, -0.15) is 0 Å². The minimum Gasteiger partial charge on any atom is -0.354 e. The Morgan fingerprint density at radius 2 is 2.29 bits per heavy atom. The van der Waals surface area contributed by atoms with Crippen molar-refractivity contribution in [1.29, 1.82) is 0 Å². The van der Waals surface area contributed by atoms with E-state index >= 15 is 0 Å². The van der Waals surface area contributed by atoms with Crippen molar-refractivity contribution < 1.29 is 4.92 Å². The lowest BCUT2D eigenvalue weighted by atomic mass is 10.0. The molecule has 76 valence electrons. The molecular formula is C10H14N2O2. The Kier molecular flexibility index (Phi) is 3.06. The monoisotopic (exact) mass is 194 g/mol. The van der Waals surface area contributed by atoms with Crippen LogP contribution < -0.4 is 0 Å². The Labute approximate surface area is 83.4 Å². The van der Waals surface area contributed by atoms with Gasteiger partial charge in [-0.05, 0) is 25.0 Å². The fraction of sp³-hybridized carbons (Fsp3) is 0.400. The summed E-state index contributed by atoms with van der Waals surface area (Å²) in [5, 5.41) is 10.4. The van der Waals surface area contributed by atoms with Gasteiger partial charge in [0.15, 0.2) is 0 Å². The number of nitrogens with zero attached hydrogens (tertiary/aromatic N) is 2. The molecule has 4 heteroatoms. The molecule has 0 aromatic heterocycles. The van der Waals surface area contributed by atoms with Crippen LogP contribution >= 0.6 is 0 Å². The molecule has 0 saturated heterocycles. The van der Waals surface area contributed by atoms with Gasteiger partial charge in [-0.3, -0.25) is 10.1 Å². The van der Waals surface area contributed by atoms with Crippen molar-refractivity contribution in [1.82, 2.24) is 4.90 Å². The van der Waals surface area contributed by atoms with Gasteiger partial charge in [0.05, 0.1) is 10.5 Å². The van der Waals surface area contributed by atoms with Crippen LogP contribution in [0.25, 0.3) is 0 Å². The first-order chi connectivity index (χ1) is 6.54. The summed E-state index contributed by atoms with van der Waals surface area (Å²) in [7, 11) is 1.93. The highest BCUT2D eigenvalue weighted by Gasteiger charge is 2.13. The summed E-state index contributed by atoms with van der Waals surface area (Å²) in [6, 6.07) is 0. The van der Waals surface area contributed by atoms with Crippen LogP contribution in [-0.4, -0.2) is 16.9 Å². The quantitative estimate of drug-likeness (QED) is 0.500. The molecule has 1 heterocycles. The van der Waals surface area contributed by atoms with E-state index in [9.17, 15) is 10.1 Å². The average Bonchev–Trinajstić information content (AvgIpc) is 2.10. The molecule has 0 unspecified atom stereocenters. The zero-order chi connectivity index (χ0) is 10.7. The summed E-state index contributed by atoms with van der Waals surface area (Å²) in [6.45, 7) is 3.92. The highest BCUT2D eigenvalue weighted by atomic mass is 16.6. The van der Waals surface area contributed by atoms with Crippen LogP contribution in [0.2, 0.25) is 0 Å². The summed E-state index contributed by atoms with van der Waals surface area (Å²) in [6.07, 6.45) is 5.63. The van der Waals surface area contributed by atoms with Gasteiger partial charge in [-0.15, -0.1) is 0 Å². The zero-order valence-corrected chi connectivity index (χ0v) is 8.65. The fourth-order valence-corrected chi connectivity index (χ4v) is 1.36. The Morgan fingerprint density at radius 1 is 1.64 bits per heavy atom. The molecule has 1 aliphatic rings. The van der Waals surface area contributed by atoms with Gasteiger partial charge < -0.3 is 4.90 Å². The lowest BCUT2D eigenvalue weighted by Crippen LogP contribution is -2.14. The van der Waals surface area contributed by atoms with E-state index in [2.05, 4.69) is 0 Å². The van der Waals surface area contributed by atoms with Crippen molar-refractivity contribution >= 4 is 0 Å². The third-order valence-corrected chi connectivity index (χ3v) is 2.27. The van der Waals surface area contributed by atoms with Crippen LogP contribution in [0.4, 0.5) is 0 Å². The highest BCUT2D eigenvalue weighted by molar-refractivity contribution is 5.43. The molecule has 0 amide bonds. The van der Waals surface area contributed by atoms with E-state index in [1.165, 1.54) is 0 Å². The second kappa shape index (κ2) is 4.09. The van der Waals surface area contributed by atoms with Gasteiger partial charge in [-0.25, -0.2) is 0 Å². The van der Waals surface area contributed by atoms with Crippen molar-refractivity contribution in [3.05, 3.63) is 45.4 Å². The maximum absolute atomic E-state index is 10.4. The molecule has 0 saturated carbocycles. The third-order valence-electron chi connectivity index (χ3n) is 2.27. The van der Waals surface area contributed by atoms with Crippen LogP contribution in [0.5, 0.6) is 0 Å². The summed E-state index contributed by atoms with van der Waals surface area (Å²) in [5.74, 6) is 0. The largest absolute Gasteiger partial charge is 0.354 e. The van der Waals surface area contributed by atoms with Crippen LogP contribution in [0, 0.1) is 10.1 Å². The normalized spacial score (nSPS) is 19.4. The summed E-state index contributed by atoms with van der Waals surface area (Å²) in [4.78, 5) is 11.9. The predicted molar refractivity (Wildman–Crippen MR) is 55.0 cm³/mol. The maximum Gasteiger partial charge on any atom is 0.242 e. The second-order valence-electron chi connectivity index (χ2n) is 3.27. The van der Waals surface area contributed by atoms with Crippen LogP contribution in [0.3, 0.4) is 0 Å². The van der Waals surface area contributed by atoms with Crippen molar-refractivity contribution in [2.24, 2.45) is 0 Å². The van der Waals surface area contributed by atoms with Crippen LogP contribution in [-0.2, 0) is 0 Å². The molecule has 0 aliphatic carbocycles. The fourth-order valence-electron chi connectivity index (χ4n) is 1.36. The van der Waals surface area contributed by atoms with E-state index in [-0.39, 0.29) is 0 Å². The Hall–Kier alpha value is -1.58. The number of allylic oxidation sites excluding steroid dienone is 4. The van der Waals surface area contributed by atoms with Crippen molar-refractivity contribution in [2.75, 3.05) is 7.05 Å². The first-order valence-electron chi connectivity index (χ1n) is 4.52. The molecule has 4 nitrogen and oxygen atoms in total. The van der Waals surface area contributed by atoms with Crippen LogP contribution in [0.1, 0.15) is 20.3 Å². The van der Waals surface area contributed by atoms with E-state index in [1.807, 2.05) is 38.1 Å². The molecule has 0 radical (unpaired) electrons. The van der Waals surface area contributed by atoms with E-state index in [0.717, 1.165) is 23.9 Å². The number of rotatable bonds is 2. The SMILES string of the molecule is CCC1=CN(C)C(C)=C/C1=C\[N+](=O)[O-]. The molecule has 0 aromatic carbocycles.